The summed E-state index contributed by atoms with van der Waals surface area (Å²) < 4.78 is 5.53. The molecule has 1 aromatic carbocycles. The van der Waals surface area contributed by atoms with Crippen LogP contribution in [0.15, 0.2) is 24.3 Å². The van der Waals surface area contributed by atoms with Crippen molar-refractivity contribution in [2.45, 2.75) is 26.7 Å². The van der Waals surface area contributed by atoms with E-state index in [-0.39, 0.29) is 5.91 Å². The zero-order valence-electron chi connectivity index (χ0n) is 12.0. The van der Waals surface area contributed by atoms with Crippen molar-refractivity contribution in [1.29, 1.82) is 0 Å². The zero-order valence-corrected chi connectivity index (χ0v) is 13.6. The number of aromatic nitrogens is 1. The largest absolute Gasteiger partial charge is 0.494 e. The number of rotatable bonds is 6. The molecular weight excluding hydrogens is 308 g/mol. The Morgan fingerprint density at radius 1 is 1.33 bits per heavy atom. The molecule has 0 saturated heterocycles. The standard InChI is InChI=1S/C15H17ClN2O2S/c1-10-11(2)21-15(17-10)18-14(19)4-3-9-20-13-7-5-12(16)6-8-13/h5-8H,3-4,9H2,1-2H3,(H,17,18,19). The van der Waals surface area contributed by atoms with Gasteiger partial charge in [-0.3, -0.25) is 4.79 Å². The van der Waals surface area contributed by atoms with E-state index in [1.807, 2.05) is 26.0 Å². The summed E-state index contributed by atoms with van der Waals surface area (Å²) in [5.74, 6) is 0.717. The Hall–Kier alpha value is -1.59. The first-order valence-electron chi connectivity index (χ1n) is 6.67. The summed E-state index contributed by atoms with van der Waals surface area (Å²) >= 11 is 7.28. The van der Waals surface area contributed by atoms with Gasteiger partial charge in [0.05, 0.1) is 12.3 Å². The molecule has 2 aromatic rings. The van der Waals surface area contributed by atoms with Gasteiger partial charge < -0.3 is 10.1 Å². The topological polar surface area (TPSA) is 51.2 Å². The lowest BCUT2D eigenvalue weighted by molar-refractivity contribution is -0.116. The van der Waals surface area contributed by atoms with Crippen molar-refractivity contribution in [1.82, 2.24) is 4.98 Å². The SMILES string of the molecule is Cc1nc(NC(=O)CCCOc2ccc(Cl)cc2)sc1C. The van der Waals surface area contributed by atoms with Crippen LogP contribution in [0, 0.1) is 13.8 Å². The molecule has 0 atom stereocenters. The summed E-state index contributed by atoms with van der Waals surface area (Å²) in [4.78, 5) is 17.2. The Morgan fingerprint density at radius 3 is 2.67 bits per heavy atom. The predicted octanol–water partition coefficient (Wildman–Crippen LogP) is 4.21. The number of carbonyl (C=O) groups is 1. The molecule has 21 heavy (non-hydrogen) atoms. The van der Waals surface area contributed by atoms with Gasteiger partial charge in [-0.25, -0.2) is 4.98 Å². The second kappa shape index (κ2) is 7.43. The molecule has 2 rings (SSSR count). The number of halogens is 1. The fourth-order valence-electron chi connectivity index (χ4n) is 1.66. The molecule has 4 nitrogen and oxygen atoms in total. The third-order valence-corrected chi connectivity index (χ3v) is 4.15. The van der Waals surface area contributed by atoms with Crippen molar-refractivity contribution in [2.75, 3.05) is 11.9 Å². The van der Waals surface area contributed by atoms with E-state index in [2.05, 4.69) is 10.3 Å². The molecule has 1 aromatic heterocycles. The number of hydrogen-bond donors (Lipinski definition) is 1. The van der Waals surface area contributed by atoms with Crippen LogP contribution in [0.2, 0.25) is 5.02 Å². The van der Waals surface area contributed by atoms with Crippen LogP contribution in [0.5, 0.6) is 5.75 Å². The molecule has 1 heterocycles. The molecule has 112 valence electrons. The van der Waals surface area contributed by atoms with Crippen LogP contribution < -0.4 is 10.1 Å². The number of amides is 1. The Kier molecular flexibility index (Phi) is 5.59. The van der Waals surface area contributed by atoms with Gasteiger partial charge in [-0.05, 0) is 44.5 Å². The van der Waals surface area contributed by atoms with Crippen molar-refractivity contribution in [3.63, 3.8) is 0 Å². The lowest BCUT2D eigenvalue weighted by Gasteiger charge is -2.06. The first kappa shape index (κ1) is 15.8. The average molecular weight is 325 g/mol. The molecule has 0 bridgehead atoms. The summed E-state index contributed by atoms with van der Waals surface area (Å²) in [7, 11) is 0. The van der Waals surface area contributed by atoms with Gasteiger partial charge in [-0.15, -0.1) is 11.3 Å². The van der Waals surface area contributed by atoms with E-state index in [9.17, 15) is 4.79 Å². The summed E-state index contributed by atoms with van der Waals surface area (Å²) in [5.41, 5.74) is 0.960. The minimum atomic E-state index is -0.0385. The van der Waals surface area contributed by atoms with Gasteiger partial charge in [0, 0.05) is 16.3 Å². The number of nitrogens with one attached hydrogen (secondary N) is 1. The quantitative estimate of drug-likeness (QED) is 0.810. The molecular formula is C15H17ClN2O2S. The maximum absolute atomic E-state index is 11.8. The number of anilines is 1. The van der Waals surface area contributed by atoms with E-state index in [1.54, 1.807) is 12.1 Å². The van der Waals surface area contributed by atoms with Crippen LogP contribution in [-0.4, -0.2) is 17.5 Å². The molecule has 6 heteroatoms. The predicted molar refractivity (Wildman–Crippen MR) is 86.4 cm³/mol. The van der Waals surface area contributed by atoms with Crippen molar-refractivity contribution < 1.29 is 9.53 Å². The fraction of sp³-hybridized carbons (Fsp3) is 0.333. The van der Waals surface area contributed by atoms with Gasteiger partial charge in [-0.2, -0.15) is 0 Å². The summed E-state index contributed by atoms with van der Waals surface area (Å²) in [6.07, 6.45) is 1.06. The minimum absolute atomic E-state index is 0.0385. The van der Waals surface area contributed by atoms with E-state index in [0.717, 1.165) is 16.3 Å². The third-order valence-electron chi connectivity index (χ3n) is 2.91. The molecule has 1 amide bonds. The van der Waals surface area contributed by atoms with E-state index in [0.29, 0.717) is 29.6 Å². The van der Waals surface area contributed by atoms with Crippen LogP contribution in [0.3, 0.4) is 0 Å². The van der Waals surface area contributed by atoms with Gasteiger partial charge in [0.2, 0.25) is 5.91 Å². The van der Waals surface area contributed by atoms with Gasteiger partial charge in [0.25, 0.3) is 0 Å². The van der Waals surface area contributed by atoms with Crippen LogP contribution in [-0.2, 0) is 4.79 Å². The molecule has 0 unspecified atom stereocenters. The van der Waals surface area contributed by atoms with Crippen LogP contribution in [0.25, 0.3) is 0 Å². The van der Waals surface area contributed by atoms with Gasteiger partial charge >= 0.3 is 0 Å². The Balaban J connectivity index is 1.68. The number of nitrogens with zero attached hydrogens (tertiary/aromatic N) is 1. The first-order chi connectivity index (χ1) is 10.0. The number of carbonyl (C=O) groups excluding carboxylic acids is 1. The lowest BCUT2D eigenvalue weighted by Crippen LogP contribution is -2.12. The molecule has 0 aliphatic heterocycles. The Morgan fingerprint density at radius 2 is 2.05 bits per heavy atom. The molecule has 0 aliphatic rings. The maximum Gasteiger partial charge on any atom is 0.226 e. The van der Waals surface area contributed by atoms with E-state index >= 15 is 0 Å². The molecule has 0 radical (unpaired) electrons. The summed E-state index contributed by atoms with van der Waals surface area (Å²) in [6.45, 7) is 4.41. The molecule has 0 fully saturated rings. The van der Waals surface area contributed by atoms with Crippen LogP contribution >= 0.6 is 22.9 Å². The van der Waals surface area contributed by atoms with Crippen molar-refractivity contribution in [3.05, 3.63) is 39.9 Å². The van der Waals surface area contributed by atoms with E-state index < -0.39 is 0 Å². The Labute approximate surface area is 133 Å². The maximum atomic E-state index is 11.8. The molecule has 0 saturated carbocycles. The first-order valence-corrected chi connectivity index (χ1v) is 7.86. The van der Waals surface area contributed by atoms with Crippen LogP contribution in [0.4, 0.5) is 5.13 Å². The molecule has 0 aliphatic carbocycles. The zero-order chi connectivity index (χ0) is 15.2. The van der Waals surface area contributed by atoms with Crippen molar-refractivity contribution >= 4 is 34.0 Å². The molecule has 1 N–H and O–H groups in total. The van der Waals surface area contributed by atoms with Gasteiger partial charge in [0.15, 0.2) is 5.13 Å². The lowest BCUT2D eigenvalue weighted by atomic mass is 10.3. The number of ether oxygens (including phenoxy) is 1. The highest BCUT2D eigenvalue weighted by molar-refractivity contribution is 7.15. The average Bonchev–Trinajstić information content (AvgIpc) is 2.75. The normalized spacial score (nSPS) is 10.4. The second-order valence-electron chi connectivity index (χ2n) is 4.61. The highest BCUT2D eigenvalue weighted by Crippen LogP contribution is 2.21. The van der Waals surface area contributed by atoms with E-state index in [1.165, 1.54) is 11.3 Å². The number of benzene rings is 1. The number of hydrogen-bond acceptors (Lipinski definition) is 4. The van der Waals surface area contributed by atoms with Crippen molar-refractivity contribution in [2.24, 2.45) is 0 Å². The third kappa shape index (κ3) is 5.02. The van der Waals surface area contributed by atoms with E-state index in [4.69, 9.17) is 16.3 Å². The molecule has 0 spiro atoms. The monoisotopic (exact) mass is 324 g/mol. The van der Waals surface area contributed by atoms with Gasteiger partial charge in [-0.1, -0.05) is 11.6 Å². The minimum Gasteiger partial charge on any atom is -0.494 e. The highest BCUT2D eigenvalue weighted by atomic mass is 35.5. The highest BCUT2D eigenvalue weighted by Gasteiger charge is 2.07. The fourth-order valence-corrected chi connectivity index (χ4v) is 2.62. The summed E-state index contributed by atoms with van der Waals surface area (Å²) in [6, 6.07) is 7.17. The summed E-state index contributed by atoms with van der Waals surface area (Å²) in [5, 5.41) is 4.14. The number of thiazole rings is 1. The van der Waals surface area contributed by atoms with Gasteiger partial charge in [0.1, 0.15) is 5.75 Å². The second-order valence-corrected chi connectivity index (χ2v) is 6.25. The van der Waals surface area contributed by atoms with Crippen LogP contribution in [0.1, 0.15) is 23.4 Å². The number of aryl methyl sites for hydroxylation is 2. The smallest absolute Gasteiger partial charge is 0.226 e. The Bertz CT molecular complexity index is 591. The van der Waals surface area contributed by atoms with Crippen molar-refractivity contribution in [3.8, 4) is 5.75 Å².